The van der Waals surface area contributed by atoms with E-state index in [-0.39, 0.29) is 31.4 Å². The number of nitrogens with one attached hydrogen (secondary N) is 3. The fourth-order valence-electron chi connectivity index (χ4n) is 5.70. The minimum atomic E-state index is -1.65. The van der Waals surface area contributed by atoms with Gasteiger partial charge in [-0.25, -0.2) is 0 Å². The Bertz CT molecular complexity index is 1540. The summed E-state index contributed by atoms with van der Waals surface area (Å²) in [7, 11) is 0. The highest BCUT2D eigenvalue weighted by atomic mass is 32.2. The van der Waals surface area contributed by atoms with E-state index in [1.54, 1.807) is 0 Å². The summed E-state index contributed by atoms with van der Waals surface area (Å²) in [5.41, 5.74) is 3.89. The fourth-order valence-corrected chi connectivity index (χ4v) is 6.84. The van der Waals surface area contributed by atoms with E-state index in [1.807, 2.05) is 106 Å². The highest BCUT2D eigenvalue weighted by Gasteiger charge is 2.49. The summed E-state index contributed by atoms with van der Waals surface area (Å²) in [6, 6.07) is 23.8. The SMILES string of the molecule is CC(=O)N[C@H](COCc1ccccc1)C(=O)N[C@@H](CCc1ccccc1)[C@H](O)C(=O)N1CSC(C)(C)[C@H]1C(=O)NCc1ccccc1C. The van der Waals surface area contributed by atoms with Gasteiger partial charge in [-0.2, -0.15) is 0 Å². The minimum Gasteiger partial charge on any atom is -0.381 e. The molecule has 48 heavy (non-hydrogen) atoms. The van der Waals surface area contributed by atoms with Crippen LogP contribution in [0.1, 0.15) is 49.4 Å². The van der Waals surface area contributed by atoms with Crippen molar-refractivity contribution in [2.24, 2.45) is 0 Å². The van der Waals surface area contributed by atoms with E-state index in [9.17, 15) is 24.3 Å². The molecule has 0 aliphatic carbocycles. The molecule has 1 aliphatic heterocycles. The summed E-state index contributed by atoms with van der Waals surface area (Å²) in [4.78, 5) is 54.7. The molecule has 0 aromatic heterocycles. The maximum absolute atomic E-state index is 14.0. The smallest absolute Gasteiger partial charge is 0.254 e. The van der Waals surface area contributed by atoms with Gasteiger partial charge >= 0.3 is 0 Å². The van der Waals surface area contributed by atoms with Crippen LogP contribution in [0.25, 0.3) is 0 Å². The van der Waals surface area contributed by atoms with Gasteiger partial charge in [-0.3, -0.25) is 19.2 Å². The van der Waals surface area contributed by atoms with Gasteiger partial charge in [0.15, 0.2) is 6.10 Å². The molecule has 4 rings (SSSR count). The Balaban J connectivity index is 1.50. The molecule has 0 saturated carbocycles. The summed E-state index contributed by atoms with van der Waals surface area (Å²) in [5.74, 6) is -1.79. The van der Waals surface area contributed by atoms with Gasteiger partial charge in [0.05, 0.1) is 25.1 Å². The molecule has 10 nitrogen and oxygen atoms in total. The van der Waals surface area contributed by atoms with Crippen molar-refractivity contribution >= 4 is 35.4 Å². The number of ether oxygens (including phenoxy) is 1. The lowest BCUT2D eigenvalue weighted by atomic mass is 9.97. The number of benzene rings is 3. The maximum atomic E-state index is 14.0. The number of carbonyl (C=O) groups is 4. The molecule has 0 bridgehead atoms. The third-order valence-corrected chi connectivity index (χ3v) is 9.80. The highest BCUT2D eigenvalue weighted by Crippen LogP contribution is 2.40. The van der Waals surface area contributed by atoms with Crippen LogP contribution in [0.2, 0.25) is 0 Å². The monoisotopic (exact) mass is 674 g/mol. The Kier molecular flexibility index (Phi) is 13.2. The number of nitrogens with zero attached hydrogens (tertiary/aromatic N) is 1. The zero-order valence-corrected chi connectivity index (χ0v) is 28.8. The Morgan fingerprint density at radius 3 is 2.21 bits per heavy atom. The zero-order chi connectivity index (χ0) is 34.7. The van der Waals surface area contributed by atoms with Gasteiger partial charge in [-0.05, 0) is 55.9 Å². The van der Waals surface area contributed by atoms with Gasteiger partial charge in [0.25, 0.3) is 5.91 Å². The second-order valence-corrected chi connectivity index (χ2v) is 14.2. The molecule has 3 aromatic carbocycles. The zero-order valence-electron chi connectivity index (χ0n) is 28.0. The van der Waals surface area contributed by atoms with E-state index in [4.69, 9.17) is 4.74 Å². The molecule has 4 N–H and O–H groups in total. The number of amides is 4. The minimum absolute atomic E-state index is 0.115. The Morgan fingerprint density at radius 2 is 1.56 bits per heavy atom. The lowest BCUT2D eigenvalue weighted by molar-refractivity contribution is -0.148. The van der Waals surface area contributed by atoms with Gasteiger partial charge in [0.1, 0.15) is 12.1 Å². The van der Waals surface area contributed by atoms with Gasteiger partial charge in [0, 0.05) is 18.2 Å². The number of rotatable bonds is 15. The van der Waals surface area contributed by atoms with E-state index < -0.39 is 46.7 Å². The predicted octanol–water partition coefficient (Wildman–Crippen LogP) is 3.49. The fraction of sp³-hybridized carbons (Fsp3) is 0.405. The second kappa shape index (κ2) is 17.3. The normalized spacial score (nSPS) is 17.2. The standard InChI is InChI=1S/C37H46N4O6S/c1-25-13-11-12-18-29(25)21-38-35(45)33-37(3,4)48-24-41(33)36(46)32(43)30(20-19-27-14-7-5-8-15-27)40-34(44)31(39-26(2)42)23-47-22-28-16-9-6-10-17-28/h5-18,30-33,43H,19-24H2,1-4H3,(H,38,45)(H,39,42)(H,40,44)/t30-,31+,32-,33+/m0/s1. The highest BCUT2D eigenvalue weighted by molar-refractivity contribution is 8.00. The van der Waals surface area contributed by atoms with Crippen molar-refractivity contribution in [3.63, 3.8) is 0 Å². The van der Waals surface area contributed by atoms with Crippen LogP contribution in [-0.2, 0) is 43.5 Å². The van der Waals surface area contributed by atoms with Crippen molar-refractivity contribution in [1.82, 2.24) is 20.9 Å². The predicted molar refractivity (Wildman–Crippen MR) is 187 cm³/mol. The first-order chi connectivity index (χ1) is 23.0. The molecule has 11 heteroatoms. The van der Waals surface area contributed by atoms with Crippen LogP contribution in [0.3, 0.4) is 0 Å². The number of aliphatic hydroxyl groups excluding tert-OH is 1. The summed E-state index contributed by atoms with van der Waals surface area (Å²) in [5, 5.41) is 20.0. The first-order valence-electron chi connectivity index (χ1n) is 16.1. The van der Waals surface area contributed by atoms with Crippen molar-refractivity contribution in [3.8, 4) is 0 Å². The molecule has 256 valence electrons. The topological polar surface area (TPSA) is 137 Å². The van der Waals surface area contributed by atoms with Crippen LogP contribution in [0.15, 0.2) is 84.9 Å². The quantitative estimate of drug-likeness (QED) is 0.194. The molecule has 0 radical (unpaired) electrons. The number of thioether (sulfide) groups is 1. The molecule has 3 aromatic rings. The van der Waals surface area contributed by atoms with Crippen molar-refractivity contribution in [3.05, 3.63) is 107 Å². The molecular formula is C37H46N4O6S. The Morgan fingerprint density at radius 1 is 0.938 bits per heavy atom. The van der Waals surface area contributed by atoms with Crippen molar-refractivity contribution in [2.45, 2.75) is 82.7 Å². The van der Waals surface area contributed by atoms with Gasteiger partial charge in [-0.15, -0.1) is 11.8 Å². The van der Waals surface area contributed by atoms with Crippen LogP contribution in [0.5, 0.6) is 0 Å². The first kappa shape index (κ1) is 36.6. The summed E-state index contributed by atoms with van der Waals surface area (Å²) in [6.07, 6.45) is -0.956. The third kappa shape index (κ3) is 10.2. The lowest BCUT2D eigenvalue weighted by Crippen LogP contribution is -2.60. The second-order valence-electron chi connectivity index (χ2n) is 12.6. The van der Waals surface area contributed by atoms with Crippen LogP contribution < -0.4 is 16.0 Å². The number of aliphatic hydroxyl groups is 1. The molecule has 4 amide bonds. The molecule has 4 atom stereocenters. The van der Waals surface area contributed by atoms with E-state index >= 15 is 0 Å². The lowest BCUT2D eigenvalue weighted by Gasteiger charge is -2.33. The molecule has 1 aliphatic rings. The maximum Gasteiger partial charge on any atom is 0.254 e. The van der Waals surface area contributed by atoms with Crippen molar-refractivity contribution < 1.29 is 29.0 Å². The Hall–Kier alpha value is -4.19. The van der Waals surface area contributed by atoms with E-state index in [1.165, 1.54) is 23.6 Å². The van der Waals surface area contributed by atoms with Crippen molar-refractivity contribution in [2.75, 3.05) is 12.5 Å². The van der Waals surface area contributed by atoms with Crippen LogP contribution in [0, 0.1) is 6.92 Å². The molecule has 0 spiro atoms. The number of hydrogen-bond acceptors (Lipinski definition) is 7. The van der Waals surface area contributed by atoms with Gasteiger partial charge < -0.3 is 30.7 Å². The van der Waals surface area contributed by atoms with Crippen LogP contribution >= 0.6 is 11.8 Å². The van der Waals surface area contributed by atoms with Crippen LogP contribution in [0.4, 0.5) is 0 Å². The molecule has 0 unspecified atom stereocenters. The summed E-state index contributed by atoms with van der Waals surface area (Å²) in [6.45, 7) is 7.50. The molecule has 1 fully saturated rings. The number of carbonyl (C=O) groups excluding carboxylic acids is 4. The number of aryl methyl sites for hydroxylation is 2. The molecular weight excluding hydrogens is 628 g/mol. The van der Waals surface area contributed by atoms with Gasteiger partial charge in [0.2, 0.25) is 17.7 Å². The first-order valence-corrected chi connectivity index (χ1v) is 17.1. The Labute approximate surface area is 287 Å². The van der Waals surface area contributed by atoms with Crippen molar-refractivity contribution in [1.29, 1.82) is 0 Å². The number of hydrogen-bond donors (Lipinski definition) is 4. The summed E-state index contributed by atoms with van der Waals surface area (Å²) >= 11 is 1.45. The average molecular weight is 675 g/mol. The van der Waals surface area contributed by atoms with E-state index in [2.05, 4.69) is 16.0 Å². The van der Waals surface area contributed by atoms with Gasteiger partial charge in [-0.1, -0.05) is 84.9 Å². The third-order valence-electron chi connectivity index (χ3n) is 8.43. The van der Waals surface area contributed by atoms with E-state index in [0.717, 1.165) is 22.3 Å². The molecule has 1 saturated heterocycles. The molecule has 1 heterocycles. The largest absolute Gasteiger partial charge is 0.381 e. The van der Waals surface area contributed by atoms with Crippen LogP contribution in [-0.4, -0.2) is 75.1 Å². The average Bonchev–Trinajstić information content (AvgIpc) is 3.40. The summed E-state index contributed by atoms with van der Waals surface area (Å²) < 4.78 is 5.14. The van der Waals surface area contributed by atoms with E-state index in [0.29, 0.717) is 13.0 Å².